The molecular weight excluding hydrogens is 262 g/mol. The van der Waals surface area contributed by atoms with Gasteiger partial charge in [0.25, 0.3) is 0 Å². The number of carbonyl (C=O) groups excluding carboxylic acids is 1. The number of rotatable bonds is 5. The van der Waals surface area contributed by atoms with Gasteiger partial charge in [-0.1, -0.05) is 18.6 Å². The van der Waals surface area contributed by atoms with Gasteiger partial charge in [-0.05, 0) is 61.6 Å². The Bertz CT molecular complexity index is 514. The van der Waals surface area contributed by atoms with Crippen molar-refractivity contribution in [2.24, 2.45) is 17.8 Å². The Morgan fingerprint density at radius 3 is 2.90 bits per heavy atom. The summed E-state index contributed by atoms with van der Waals surface area (Å²) in [6.07, 6.45) is 5.91. The third-order valence-electron chi connectivity index (χ3n) is 5.32. The smallest absolute Gasteiger partial charge is 0.224 e. The van der Waals surface area contributed by atoms with Crippen LogP contribution in [0.5, 0.6) is 5.75 Å². The molecule has 0 radical (unpaired) electrons. The van der Waals surface area contributed by atoms with Crippen LogP contribution in [0.2, 0.25) is 0 Å². The minimum absolute atomic E-state index is 0.124. The largest absolute Gasteiger partial charge is 0.497 e. The first-order valence-corrected chi connectivity index (χ1v) is 8.08. The Hall–Kier alpha value is -1.51. The normalized spacial score (nSPS) is 28.4. The van der Waals surface area contributed by atoms with E-state index in [9.17, 15) is 4.79 Å². The van der Waals surface area contributed by atoms with Crippen LogP contribution < -0.4 is 10.1 Å². The van der Waals surface area contributed by atoms with Crippen LogP contribution in [-0.2, 0) is 11.2 Å². The molecule has 1 aromatic rings. The highest BCUT2D eigenvalue weighted by molar-refractivity contribution is 5.79. The highest BCUT2D eigenvalue weighted by Gasteiger charge is 2.42. The fourth-order valence-electron chi connectivity index (χ4n) is 4.29. The summed E-state index contributed by atoms with van der Waals surface area (Å²) in [4.78, 5) is 12.2. The molecule has 114 valence electrons. The summed E-state index contributed by atoms with van der Waals surface area (Å²) in [6, 6.07) is 8.05. The lowest BCUT2D eigenvalue weighted by Crippen LogP contribution is -2.40. The topological polar surface area (TPSA) is 38.3 Å². The lowest BCUT2D eigenvalue weighted by molar-refractivity contribution is -0.121. The summed E-state index contributed by atoms with van der Waals surface area (Å²) in [5.74, 6) is 3.40. The summed E-state index contributed by atoms with van der Waals surface area (Å²) < 4.78 is 5.20. The predicted molar refractivity (Wildman–Crippen MR) is 83.2 cm³/mol. The van der Waals surface area contributed by atoms with Crippen LogP contribution in [0.1, 0.15) is 38.2 Å². The van der Waals surface area contributed by atoms with Crippen LogP contribution in [0.4, 0.5) is 0 Å². The second kappa shape index (κ2) is 6.08. The Morgan fingerprint density at radius 1 is 1.38 bits per heavy atom. The molecule has 21 heavy (non-hydrogen) atoms. The molecule has 1 N–H and O–H groups in total. The summed E-state index contributed by atoms with van der Waals surface area (Å²) in [6.45, 7) is 2.18. The van der Waals surface area contributed by atoms with Gasteiger partial charge in [-0.3, -0.25) is 4.79 Å². The first-order valence-electron chi connectivity index (χ1n) is 8.08. The first kappa shape index (κ1) is 14.4. The molecule has 2 aliphatic carbocycles. The van der Waals surface area contributed by atoms with E-state index in [1.54, 1.807) is 7.11 Å². The van der Waals surface area contributed by atoms with E-state index in [1.165, 1.54) is 25.7 Å². The van der Waals surface area contributed by atoms with Crippen LogP contribution in [-0.4, -0.2) is 19.1 Å². The molecule has 0 aromatic heterocycles. The number of amides is 1. The molecule has 4 unspecified atom stereocenters. The zero-order valence-electron chi connectivity index (χ0n) is 13.0. The van der Waals surface area contributed by atoms with Crippen molar-refractivity contribution in [3.63, 3.8) is 0 Å². The number of ether oxygens (including phenoxy) is 1. The van der Waals surface area contributed by atoms with Gasteiger partial charge < -0.3 is 10.1 Å². The fourth-order valence-corrected chi connectivity index (χ4v) is 4.29. The number of hydrogen-bond acceptors (Lipinski definition) is 2. The molecular formula is C18H25NO2. The highest BCUT2D eigenvalue weighted by atomic mass is 16.5. The van der Waals surface area contributed by atoms with Crippen LogP contribution in [0.25, 0.3) is 0 Å². The van der Waals surface area contributed by atoms with Crippen molar-refractivity contribution in [3.8, 4) is 5.75 Å². The summed E-state index contributed by atoms with van der Waals surface area (Å²) in [5, 5.41) is 3.21. The quantitative estimate of drug-likeness (QED) is 0.903. The Balaban J connectivity index is 1.53. The van der Waals surface area contributed by atoms with Gasteiger partial charge in [0.15, 0.2) is 0 Å². The fraction of sp³-hybridized carbons (Fsp3) is 0.611. The van der Waals surface area contributed by atoms with Gasteiger partial charge in [-0.25, -0.2) is 0 Å². The van der Waals surface area contributed by atoms with Crippen LogP contribution in [0.15, 0.2) is 24.3 Å². The Labute approximate surface area is 127 Å². The van der Waals surface area contributed by atoms with Crippen LogP contribution in [0.3, 0.4) is 0 Å². The van der Waals surface area contributed by atoms with Crippen molar-refractivity contribution in [2.75, 3.05) is 7.11 Å². The van der Waals surface area contributed by atoms with Gasteiger partial charge in [0.1, 0.15) is 5.75 Å². The monoisotopic (exact) mass is 287 g/mol. The predicted octanol–water partition coefficient (Wildman–Crippen LogP) is 3.18. The number of benzene rings is 1. The zero-order valence-corrected chi connectivity index (χ0v) is 13.0. The zero-order chi connectivity index (χ0) is 14.8. The molecule has 1 amide bonds. The number of fused-ring (bicyclic) bond motifs is 2. The second-order valence-electron chi connectivity index (χ2n) is 6.72. The maximum absolute atomic E-state index is 12.2. The highest BCUT2D eigenvalue weighted by Crippen LogP contribution is 2.49. The Kier molecular flexibility index (Phi) is 4.18. The number of methoxy groups -OCH3 is 1. The van der Waals surface area contributed by atoms with Gasteiger partial charge in [-0.2, -0.15) is 0 Å². The molecule has 1 aromatic carbocycles. The lowest BCUT2D eigenvalue weighted by atomic mass is 9.84. The molecule has 3 nitrogen and oxygen atoms in total. The minimum atomic E-state index is 0.124. The van der Waals surface area contributed by atoms with E-state index in [2.05, 4.69) is 12.2 Å². The van der Waals surface area contributed by atoms with E-state index in [-0.39, 0.29) is 5.91 Å². The van der Waals surface area contributed by atoms with E-state index in [0.717, 1.165) is 23.1 Å². The van der Waals surface area contributed by atoms with E-state index >= 15 is 0 Å². The molecule has 2 bridgehead atoms. The van der Waals surface area contributed by atoms with Gasteiger partial charge in [-0.15, -0.1) is 0 Å². The Morgan fingerprint density at radius 2 is 2.24 bits per heavy atom. The molecule has 3 heteroatoms. The van der Waals surface area contributed by atoms with Crippen LogP contribution >= 0.6 is 0 Å². The minimum Gasteiger partial charge on any atom is -0.497 e. The summed E-state index contributed by atoms with van der Waals surface area (Å²) >= 11 is 0. The van der Waals surface area contributed by atoms with Crippen molar-refractivity contribution in [1.29, 1.82) is 0 Å². The third-order valence-corrected chi connectivity index (χ3v) is 5.32. The molecule has 0 saturated heterocycles. The van der Waals surface area contributed by atoms with Gasteiger partial charge in [0.2, 0.25) is 5.91 Å². The number of nitrogens with one attached hydrogen (secondary N) is 1. The number of carbonyl (C=O) groups is 1. The van der Waals surface area contributed by atoms with Gasteiger partial charge in [0, 0.05) is 6.04 Å². The van der Waals surface area contributed by atoms with Gasteiger partial charge >= 0.3 is 0 Å². The van der Waals surface area contributed by atoms with E-state index in [1.807, 2.05) is 24.3 Å². The lowest BCUT2D eigenvalue weighted by Gasteiger charge is -2.28. The molecule has 4 atom stereocenters. The molecule has 0 spiro atoms. The summed E-state index contributed by atoms with van der Waals surface area (Å²) in [7, 11) is 1.65. The van der Waals surface area contributed by atoms with E-state index in [0.29, 0.717) is 18.4 Å². The SMILES string of the molecule is COc1cccc(CC(=O)NC(C)C2CC3CCC2C3)c1. The van der Waals surface area contributed by atoms with Crippen LogP contribution in [0, 0.1) is 17.8 Å². The van der Waals surface area contributed by atoms with Crippen molar-refractivity contribution in [2.45, 2.75) is 45.1 Å². The molecule has 2 fully saturated rings. The van der Waals surface area contributed by atoms with Crippen molar-refractivity contribution >= 4 is 5.91 Å². The van der Waals surface area contributed by atoms with E-state index in [4.69, 9.17) is 4.74 Å². The second-order valence-corrected chi connectivity index (χ2v) is 6.72. The average Bonchev–Trinajstić information content (AvgIpc) is 3.10. The van der Waals surface area contributed by atoms with Gasteiger partial charge in [0.05, 0.1) is 13.5 Å². The molecule has 2 saturated carbocycles. The molecule has 2 aliphatic rings. The third kappa shape index (κ3) is 3.22. The first-order chi connectivity index (χ1) is 10.2. The van der Waals surface area contributed by atoms with Crippen molar-refractivity contribution < 1.29 is 9.53 Å². The molecule has 0 aliphatic heterocycles. The number of hydrogen-bond donors (Lipinski definition) is 1. The standard InChI is InChI=1S/C18H25NO2/c1-12(17-10-14-6-7-15(17)8-14)19-18(20)11-13-4-3-5-16(9-13)21-2/h3-5,9,12,14-15,17H,6-8,10-11H2,1-2H3,(H,19,20). The maximum Gasteiger partial charge on any atom is 0.224 e. The van der Waals surface area contributed by atoms with Crippen molar-refractivity contribution in [3.05, 3.63) is 29.8 Å². The average molecular weight is 287 g/mol. The summed E-state index contributed by atoms with van der Waals surface area (Å²) in [5.41, 5.74) is 1.01. The maximum atomic E-state index is 12.2. The van der Waals surface area contributed by atoms with Crippen molar-refractivity contribution in [1.82, 2.24) is 5.32 Å². The van der Waals surface area contributed by atoms with E-state index < -0.39 is 0 Å². The molecule has 3 rings (SSSR count). The molecule has 0 heterocycles.